The third kappa shape index (κ3) is 3.71. The number of dihydropyridines is 1. The number of hydrogen-bond acceptors (Lipinski definition) is 2. The number of methoxy groups -OCH3 is 1. The zero-order chi connectivity index (χ0) is 8.69. The zero-order valence-electron chi connectivity index (χ0n) is 7.72. The summed E-state index contributed by atoms with van der Waals surface area (Å²) in [6.07, 6.45) is 5.88. The molecule has 0 aliphatic carbocycles. The quantitative estimate of drug-likeness (QED) is 0.625. The molecule has 0 aromatic carbocycles. The van der Waals surface area contributed by atoms with E-state index in [0.717, 1.165) is 5.76 Å². The highest BCUT2D eigenvalue weighted by Gasteiger charge is 1.99. The van der Waals surface area contributed by atoms with E-state index in [1.54, 1.807) is 7.11 Å². The van der Waals surface area contributed by atoms with Crippen molar-refractivity contribution in [1.82, 2.24) is 5.32 Å². The predicted octanol–water partition coefficient (Wildman–Crippen LogP) is 2.05. The zero-order valence-corrected chi connectivity index (χ0v) is 7.72. The molecule has 0 radical (unpaired) electrons. The summed E-state index contributed by atoms with van der Waals surface area (Å²) >= 11 is 0. The van der Waals surface area contributed by atoms with Crippen LogP contribution in [0, 0.1) is 0 Å². The Morgan fingerprint density at radius 1 is 1.45 bits per heavy atom. The molecule has 0 bridgehead atoms. The molecule has 1 heterocycles. The molecule has 1 aliphatic heterocycles. The first-order valence-electron chi connectivity index (χ1n) is 4.01. The van der Waals surface area contributed by atoms with E-state index in [2.05, 4.69) is 18.3 Å². The summed E-state index contributed by atoms with van der Waals surface area (Å²) in [6, 6.07) is 0.434. The molecule has 1 atom stereocenters. The standard InChI is InChI=1S/C7H11NO.C2H6/c1-6-3-4-7(9-2)5-8-6;1-2/h3-6,8H,1-2H3;1-2H3. The van der Waals surface area contributed by atoms with Crippen LogP contribution >= 0.6 is 0 Å². The van der Waals surface area contributed by atoms with E-state index in [-0.39, 0.29) is 0 Å². The van der Waals surface area contributed by atoms with Gasteiger partial charge >= 0.3 is 0 Å². The van der Waals surface area contributed by atoms with Gasteiger partial charge in [0, 0.05) is 12.2 Å². The van der Waals surface area contributed by atoms with Gasteiger partial charge in [-0.15, -0.1) is 0 Å². The van der Waals surface area contributed by atoms with Crippen molar-refractivity contribution in [3.8, 4) is 0 Å². The lowest BCUT2D eigenvalue weighted by atomic mass is 10.2. The molecular weight excluding hydrogens is 138 g/mol. The average molecular weight is 155 g/mol. The molecule has 2 nitrogen and oxygen atoms in total. The predicted molar refractivity (Wildman–Crippen MR) is 48.2 cm³/mol. The van der Waals surface area contributed by atoms with Crippen LogP contribution in [0.1, 0.15) is 20.8 Å². The van der Waals surface area contributed by atoms with Gasteiger partial charge in [-0.3, -0.25) is 0 Å². The van der Waals surface area contributed by atoms with E-state index in [4.69, 9.17) is 4.74 Å². The van der Waals surface area contributed by atoms with Crippen LogP contribution < -0.4 is 5.32 Å². The lowest BCUT2D eigenvalue weighted by Crippen LogP contribution is -2.20. The van der Waals surface area contributed by atoms with Crippen LogP contribution in [0.25, 0.3) is 0 Å². The van der Waals surface area contributed by atoms with Crippen LogP contribution in [-0.2, 0) is 4.74 Å². The molecule has 1 N–H and O–H groups in total. The Bertz CT molecular complexity index is 150. The Labute approximate surface area is 68.9 Å². The number of hydrogen-bond donors (Lipinski definition) is 1. The number of nitrogens with one attached hydrogen (secondary N) is 1. The van der Waals surface area contributed by atoms with Crippen LogP contribution in [0.4, 0.5) is 0 Å². The van der Waals surface area contributed by atoms with Gasteiger partial charge in [0.25, 0.3) is 0 Å². The topological polar surface area (TPSA) is 21.3 Å². The minimum absolute atomic E-state index is 0.434. The van der Waals surface area contributed by atoms with E-state index >= 15 is 0 Å². The van der Waals surface area contributed by atoms with Gasteiger partial charge in [-0.2, -0.15) is 0 Å². The molecular formula is C9H17NO. The highest BCUT2D eigenvalue weighted by atomic mass is 16.5. The van der Waals surface area contributed by atoms with E-state index in [1.165, 1.54) is 0 Å². The molecule has 1 unspecified atom stereocenters. The fraction of sp³-hybridized carbons (Fsp3) is 0.556. The monoisotopic (exact) mass is 155 g/mol. The lowest BCUT2D eigenvalue weighted by molar-refractivity contribution is 0.301. The van der Waals surface area contributed by atoms with Crippen molar-refractivity contribution in [1.29, 1.82) is 0 Å². The Balaban J connectivity index is 0.000000461. The van der Waals surface area contributed by atoms with Crippen molar-refractivity contribution in [2.45, 2.75) is 26.8 Å². The smallest absolute Gasteiger partial charge is 0.134 e. The van der Waals surface area contributed by atoms with E-state index in [9.17, 15) is 0 Å². The summed E-state index contributed by atoms with van der Waals surface area (Å²) in [6.45, 7) is 6.08. The minimum atomic E-state index is 0.434. The second kappa shape index (κ2) is 5.83. The molecule has 64 valence electrons. The first-order valence-corrected chi connectivity index (χ1v) is 4.01. The molecule has 0 spiro atoms. The van der Waals surface area contributed by atoms with Gasteiger partial charge in [0.15, 0.2) is 0 Å². The van der Waals surface area contributed by atoms with Gasteiger partial charge in [0.1, 0.15) is 5.76 Å². The molecule has 0 saturated heterocycles. The van der Waals surface area contributed by atoms with Crippen molar-refractivity contribution >= 4 is 0 Å². The van der Waals surface area contributed by atoms with Gasteiger partial charge in [-0.1, -0.05) is 19.9 Å². The van der Waals surface area contributed by atoms with Crippen molar-refractivity contribution in [2.75, 3.05) is 7.11 Å². The summed E-state index contributed by atoms with van der Waals surface area (Å²) in [4.78, 5) is 0. The summed E-state index contributed by atoms with van der Waals surface area (Å²) in [7, 11) is 1.66. The first-order chi connectivity index (χ1) is 5.33. The first kappa shape index (κ1) is 10.1. The molecule has 0 fully saturated rings. The fourth-order valence-electron chi connectivity index (χ4n) is 0.683. The third-order valence-electron chi connectivity index (χ3n) is 1.27. The maximum atomic E-state index is 4.95. The van der Waals surface area contributed by atoms with Crippen molar-refractivity contribution in [2.24, 2.45) is 0 Å². The number of ether oxygens (including phenoxy) is 1. The van der Waals surface area contributed by atoms with Gasteiger partial charge < -0.3 is 10.1 Å². The van der Waals surface area contributed by atoms with Crippen LogP contribution in [0.2, 0.25) is 0 Å². The highest BCUT2D eigenvalue weighted by molar-refractivity contribution is 5.17. The lowest BCUT2D eigenvalue weighted by Gasteiger charge is -2.12. The fourth-order valence-corrected chi connectivity index (χ4v) is 0.683. The largest absolute Gasteiger partial charge is 0.495 e. The molecule has 1 aliphatic rings. The maximum absolute atomic E-state index is 4.95. The van der Waals surface area contributed by atoms with Gasteiger partial charge in [-0.05, 0) is 13.0 Å². The Morgan fingerprint density at radius 2 is 2.09 bits per heavy atom. The van der Waals surface area contributed by atoms with Crippen molar-refractivity contribution < 1.29 is 4.74 Å². The van der Waals surface area contributed by atoms with Crippen LogP contribution in [0.5, 0.6) is 0 Å². The maximum Gasteiger partial charge on any atom is 0.134 e. The normalized spacial score (nSPS) is 20.7. The van der Waals surface area contributed by atoms with Gasteiger partial charge in [0.05, 0.1) is 7.11 Å². The van der Waals surface area contributed by atoms with Crippen LogP contribution in [-0.4, -0.2) is 13.2 Å². The summed E-state index contributed by atoms with van der Waals surface area (Å²) in [5.41, 5.74) is 0. The molecule has 0 aromatic heterocycles. The summed E-state index contributed by atoms with van der Waals surface area (Å²) in [5, 5.41) is 3.11. The summed E-state index contributed by atoms with van der Waals surface area (Å²) in [5.74, 6) is 0.883. The molecule has 0 aromatic rings. The second-order valence-electron chi connectivity index (χ2n) is 2.07. The van der Waals surface area contributed by atoms with Gasteiger partial charge in [0.2, 0.25) is 0 Å². The molecule has 0 saturated carbocycles. The van der Waals surface area contributed by atoms with E-state index in [0.29, 0.717) is 6.04 Å². The molecule has 2 heteroatoms. The number of allylic oxidation sites excluding steroid dienone is 1. The second-order valence-corrected chi connectivity index (χ2v) is 2.07. The Hall–Kier alpha value is -0.920. The van der Waals surface area contributed by atoms with E-state index in [1.807, 2.05) is 26.1 Å². The minimum Gasteiger partial charge on any atom is -0.495 e. The van der Waals surface area contributed by atoms with E-state index < -0.39 is 0 Å². The third-order valence-corrected chi connectivity index (χ3v) is 1.27. The molecule has 11 heavy (non-hydrogen) atoms. The SMILES string of the molecule is CC.COC1=CNC(C)C=C1. The van der Waals surface area contributed by atoms with Crippen molar-refractivity contribution in [3.05, 3.63) is 24.1 Å². The number of rotatable bonds is 1. The summed E-state index contributed by atoms with van der Waals surface area (Å²) < 4.78 is 4.95. The highest BCUT2D eigenvalue weighted by Crippen LogP contribution is 2.02. The van der Waals surface area contributed by atoms with Gasteiger partial charge in [-0.25, -0.2) is 0 Å². The van der Waals surface area contributed by atoms with Crippen molar-refractivity contribution in [3.63, 3.8) is 0 Å². The molecule has 1 rings (SSSR count). The average Bonchev–Trinajstić information content (AvgIpc) is 2.10. The van der Waals surface area contributed by atoms with Crippen LogP contribution in [0.15, 0.2) is 24.1 Å². The Kier molecular flexibility index (Phi) is 5.35. The molecule has 0 amide bonds. The van der Waals surface area contributed by atoms with Crippen LogP contribution in [0.3, 0.4) is 0 Å². The Morgan fingerprint density at radius 3 is 2.45 bits per heavy atom.